The lowest BCUT2D eigenvalue weighted by molar-refractivity contribution is -0.193. The lowest BCUT2D eigenvalue weighted by Gasteiger charge is -2.39. The summed E-state index contributed by atoms with van der Waals surface area (Å²) in [5.74, 6) is -5.29. The molecule has 3 atom stereocenters. The van der Waals surface area contributed by atoms with Crippen molar-refractivity contribution in [1.82, 2.24) is 14.7 Å². The predicted octanol–water partition coefficient (Wildman–Crippen LogP) is 2.91. The number of thiophene rings is 1. The summed E-state index contributed by atoms with van der Waals surface area (Å²) in [6, 6.07) is 2.70. The van der Waals surface area contributed by atoms with Gasteiger partial charge in [0, 0.05) is 45.3 Å². The molecule has 0 radical (unpaired) electrons. The summed E-state index contributed by atoms with van der Waals surface area (Å²) in [7, 11) is 2.12. The number of ether oxygens (including phenoxy) is 1. The van der Waals surface area contributed by atoms with Gasteiger partial charge in [0.2, 0.25) is 0 Å². The molecule has 1 aromatic heterocycles. The number of carboxylic acids is 2. The first-order chi connectivity index (χ1) is 17.6. The van der Waals surface area contributed by atoms with Crippen LogP contribution in [0.5, 0.6) is 0 Å². The van der Waals surface area contributed by atoms with Crippen molar-refractivity contribution in [3.63, 3.8) is 0 Å². The molecular weight excluding hydrogens is 548 g/mol. The van der Waals surface area contributed by atoms with Gasteiger partial charge in [0.25, 0.3) is 5.91 Å². The van der Waals surface area contributed by atoms with Crippen molar-refractivity contribution >= 4 is 29.2 Å². The van der Waals surface area contributed by atoms with Crippen LogP contribution in [0.2, 0.25) is 0 Å². The highest BCUT2D eigenvalue weighted by Crippen LogP contribution is 2.33. The van der Waals surface area contributed by atoms with E-state index in [9.17, 15) is 31.1 Å². The molecule has 0 bridgehead atoms. The third kappa shape index (κ3) is 9.71. The lowest BCUT2D eigenvalue weighted by Crippen LogP contribution is -2.53. The van der Waals surface area contributed by atoms with E-state index >= 15 is 0 Å². The number of piperazine rings is 1. The first kappa shape index (κ1) is 31.8. The molecule has 3 saturated heterocycles. The fourth-order valence-corrected chi connectivity index (χ4v) is 4.90. The van der Waals surface area contributed by atoms with Crippen LogP contribution in [0.15, 0.2) is 16.8 Å². The molecule has 0 aromatic carbocycles. The summed E-state index contributed by atoms with van der Waals surface area (Å²) in [5, 5.41) is 18.6. The Balaban J connectivity index is 0.000000301. The van der Waals surface area contributed by atoms with Crippen LogP contribution in [0.25, 0.3) is 0 Å². The SMILES string of the molecule is CN1CCN(C(=O)[C@H]2CC[C@@H]3[C@@H](CCN3Cc3ccsc3)O2)CC1.O=C(O)C(F)(F)F.O=C(O)C(F)(F)F. The smallest absolute Gasteiger partial charge is 0.475 e. The van der Waals surface area contributed by atoms with E-state index in [0.29, 0.717) is 6.04 Å². The zero-order valence-corrected chi connectivity index (χ0v) is 21.2. The fourth-order valence-electron chi connectivity index (χ4n) is 4.24. The Bertz CT molecular complexity index is 898. The number of hydrogen-bond donors (Lipinski definition) is 2. The number of hydrogen-bond acceptors (Lipinski definition) is 7. The quantitative estimate of drug-likeness (QED) is 0.528. The summed E-state index contributed by atoms with van der Waals surface area (Å²) in [4.78, 5) is 37.4. The number of amides is 1. The Morgan fingerprint density at radius 1 is 0.947 bits per heavy atom. The maximum atomic E-state index is 12.8. The Kier molecular flexibility index (Phi) is 11.4. The highest BCUT2D eigenvalue weighted by atomic mass is 32.1. The van der Waals surface area contributed by atoms with Crippen LogP contribution < -0.4 is 0 Å². The molecule has 216 valence electrons. The molecule has 1 amide bonds. The molecule has 1 aromatic rings. The summed E-state index contributed by atoms with van der Waals surface area (Å²) in [5.41, 5.74) is 1.40. The number of halogens is 6. The van der Waals surface area contributed by atoms with Crippen molar-refractivity contribution < 1.29 is 55.7 Å². The van der Waals surface area contributed by atoms with Gasteiger partial charge in [-0.1, -0.05) is 0 Å². The zero-order valence-electron chi connectivity index (χ0n) is 20.4. The number of carbonyl (C=O) groups excluding carboxylic acids is 1. The summed E-state index contributed by atoms with van der Waals surface area (Å²) in [6.07, 6.45) is -7.14. The predicted molar refractivity (Wildman–Crippen MR) is 122 cm³/mol. The van der Waals surface area contributed by atoms with Gasteiger partial charge in [0.1, 0.15) is 6.10 Å². The van der Waals surface area contributed by atoms with Crippen molar-refractivity contribution in [2.24, 2.45) is 0 Å². The summed E-state index contributed by atoms with van der Waals surface area (Å²) >= 11 is 1.76. The Hall–Kier alpha value is -2.43. The number of likely N-dealkylation sites (N-methyl/N-ethyl adjacent to an activating group) is 1. The van der Waals surface area contributed by atoms with Gasteiger partial charge in [-0.3, -0.25) is 9.69 Å². The van der Waals surface area contributed by atoms with Gasteiger partial charge in [-0.2, -0.15) is 37.7 Å². The maximum absolute atomic E-state index is 12.8. The first-order valence-electron chi connectivity index (χ1n) is 11.6. The number of carboxylic acid groups (broad SMARTS) is 2. The molecule has 38 heavy (non-hydrogen) atoms. The van der Waals surface area contributed by atoms with Crippen LogP contribution in [0.4, 0.5) is 26.3 Å². The standard InChI is InChI=1S/C18H27N3O2S.2C2HF3O2/c1-19-7-9-20(10-8-19)18(22)17-3-2-15-16(23-17)4-6-21(15)12-14-5-11-24-13-14;2*3-2(4,5)1(6)7/h5,11,13,15-17H,2-4,6-10,12H2,1H3;2*(H,6,7)/t15-,16-,17-;;/m1../s1. The van der Waals surface area contributed by atoms with E-state index in [2.05, 4.69) is 33.7 Å². The van der Waals surface area contributed by atoms with E-state index in [1.807, 2.05) is 4.90 Å². The van der Waals surface area contributed by atoms with E-state index in [1.165, 1.54) is 5.56 Å². The molecule has 9 nitrogen and oxygen atoms in total. The van der Waals surface area contributed by atoms with E-state index in [-0.39, 0.29) is 18.1 Å². The van der Waals surface area contributed by atoms with Crippen LogP contribution >= 0.6 is 11.3 Å². The molecular formula is C22H29F6N3O6S. The third-order valence-corrected chi connectivity index (χ3v) is 6.94. The van der Waals surface area contributed by atoms with Gasteiger partial charge in [-0.05, 0) is 48.7 Å². The number of rotatable bonds is 3. The lowest BCUT2D eigenvalue weighted by atomic mass is 9.98. The van der Waals surface area contributed by atoms with E-state index in [4.69, 9.17) is 24.5 Å². The number of likely N-dealkylation sites (tertiary alicyclic amines) is 1. The van der Waals surface area contributed by atoms with Gasteiger partial charge in [0.15, 0.2) is 0 Å². The summed E-state index contributed by atoms with van der Waals surface area (Å²) < 4.78 is 69.7. The number of alkyl halides is 6. The van der Waals surface area contributed by atoms with Crippen LogP contribution in [-0.4, -0.2) is 113 Å². The molecule has 0 aliphatic carbocycles. The van der Waals surface area contributed by atoms with Gasteiger partial charge in [-0.25, -0.2) is 9.59 Å². The topological polar surface area (TPSA) is 111 Å². The Morgan fingerprint density at radius 2 is 1.50 bits per heavy atom. The van der Waals surface area contributed by atoms with Gasteiger partial charge >= 0.3 is 24.3 Å². The third-order valence-electron chi connectivity index (χ3n) is 6.20. The van der Waals surface area contributed by atoms with E-state index < -0.39 is 24.3 Å². The van der Waals surface area contributed by atoms with E-state index in [0.717, 1.165) is 58.5 Å². The number of aliphatic carboxylic acids is 2. The average Bonchev–Trinajstić information content (AvgIpc) is 3.49. The summed E-state index contributed by atoms with van der Waals surface area (Å²) in [6.45, 7) is 5.73. The maximum Gasteiger partial charge on any atom is 0.490 e. The monoisotopic (exact) mass is 577 g/mol. The zero-order chi connectivity index (χ0) is 28.7. The molecule has 4 heterocycles. The molecule has 4 rings (SSSR count). The average molecular weight is 578 g/mol. The van der Waals surface area contributed by atoms with Gasteiger partial charge < -0.3 is 24.7 Å². The van der Waals surface area contributed by atoms with Crippen molar-refractivity contribution in [3.05, 3.63) is 22.4 Å². The van der Waals surface area contributed by atoms with Gasteiger partial charge in [0.05, 0.1) is 6.10 Å². The molecule has 0 unspecified atom stereocenters. The van der Waals surface area contributed by atoms with Crippen molar-refractivity contribution in [2.45, 2.75) is 56.4 Å². The highest BCUT2D eigenvalue weighted by molar-refractivity contribution is 7.07. The minimum atomic E-state index is -5.08. The largest absolute Gasteiger partial charge is 0.490 e. The van der Waals surface area contributed by atoms with Crippen LogP contribution in [0, 0.1) is 0 Å². The molecule has 3 aliphatic heterocycles. The van der Waals surface area contributed by atoms with E-state index in [1.54, 1.807) is 11.3 Å². The van der Waals surface area contributed by atoms with Crippen molar-refractivity contribution in [1.29, 1.82) is 0 Å². The number of nitrogens with zero attached hydrogens (tertiary/aromatic N) is 3. The van der Waals surface area contributed by atoms with Crippen LogP contribution in [0.3, 0.4) is 0 Å². The molecule has 0 spiro atoms. The van der Waals surface area contributed by atoms with Crippen LogP contribution in [0.1, 0.15) is 24.8 Å². The van der Waals surface area contributed by atoms with Gasteiger partial charge in [-0.15, -0.1) is 0 Å². The number of fused-ring (bicyclic) bond motifs is 1. The molecule has 3 fully saturated rings. The van der Waals surface area contributed by atoms with Crippen molar-refractivity contribution in [2.75, 3.05) is 39.8 Å². The first-order valence-corrected chi connectivity index (χ1v) is 12.5. The Labute approximate surface area is 218 Å². The Morgan fingerprint density at radius 3 is 1.97 bits per heavy atom. The second kappa shape index (κ2) is 13.6. The second-order valence-electron chi connectivity index (χ2n) is 8.93. The number of carbonyl (C=O) groups is 3. The minimum Gasteiger partial charge on any atom is -0.475 e. The molecule has 0 saturated carbocycles. The fraction of sp³-hybridized carbons (Fsp3) is 0.682. The van der Waals surface area contributed by atoms with Crippen LogP contribution in [-0.2, 0) is 25.7 Å². The molecule has 3 aliphatic rings. The second-order valence-corrected chi connectivity index (χ2v) is 9.71. The minimum absolute atomic E-state index is 0.212. The highest BCUT2D eigenvalue weighted by Gasteiger charge is 2.43. The molecule has 2 N–H and O–H groups in total. The van der Waals surface area contributed by atoms with Crippen molar-refractivity contribution in [3.8, 4) is 0 Å². The molecule has 16 heteroatoms. The normalized spacial score (nSPS) is 24.4.